The zero-order chi connectivity index (χ0) is 21.2. The number of rotatable bonds is 8. The number of nitrogens with one attached hydrogen (secondary N) is 1. The van der Waals surface area contributed by atoms with Crippen LogP contribution in [0.15, 0.2) is 24.3 Å². The molecule has 0 saturated heterocycles. The van der Waals surface area contributed by atoms with Crippen molar-refractivity contribution in [1.29, 1.82) is 0 Å². The number of carbonyl (C=O) groups is 1. The van der Waals surface area contributed by atoms with Crippen molar-refractivity contribution in [2.75, 3.05) is 6.54 Å². The van der Waals surface area contributed by atoms with Crippen molar-refractivity contribution in [2.24, 2.45) is 0 Å². The Morgan fingerprint density at radius 1 is 1.25 bits per heavy atom. The van der Waals surface area contributed by atoms with E-state index in [2.05, 4.69) is 17.2 Å². The highest BCUT2D eigenvalue weighted by Gasteiger charge is 2.21. The fraction of sp³-hybridized carbons (Fsp3) is 0.609. The van der Waals surface area contributed by atoms with Crippen molar-refractivity contribution in [3.05, 3.63) is 35.4 Å². The van der Waals surface area contributed by atoms with Crippen LogP contribution < -0.4 is 5.32 Å². The van der Waals surface area contributed by atoms with Crippen LogP contribution >= 0.6 is 0 Å². The Labute approximate surface area is 168 Å². The van der Waals surface area contributed by atoms with Crippen molar-refractivity contribution < 1.29 is 19.0 Å². The third-order valence-electron chi connectivity index (χ3n) is 4.08. The third-order valence-corrected chi connectivity index (χ3v) is 4.08. The predicted molar refractivity (Wildman–Crippen MR) is 111 cm³/mol. The quantitative estimate of drug-likeness (QED) is 0.592. The Balaban J connectivity index is 2.70. The first kappa shape index (κ1) is 24.0. The maximum absolute atomic E-state index is 14.5. The number of ether oxygens (including phenoxy) is 1. The third kappa shape index (κ3) is 9.23. The molecule has 28 heavy (non-hydrogen) atoms. The first-order valence-electron chi connectivity index (χ1n) is 10.0. The van der Waals surface area contributed by atoms with Gasteiger partial charge in [-0.05, 0) is 51.3 Å². The first-order valence-corrected chi connectivity index (χ1v) is 10.0. The Morgan fingerprint density at radius 3 is 2.46 bits per heavy atom. The van der Waals surface area contributed by atoms with Gasteiger partial charge in [0.15, 0.2) is 0 Å². The van der Waals surface area contributed by atoms with E-state index in [-0.39, 0.29) is 13.0 Å². The summed E-state index contributed by atoms with van der Waals surface area (Å²) in [6.45, 7) is 9.54. The van der Waals surface area contributed by atoms with Crippen molar-refractivity contribution in [3.63, 3.8) is 0 Å². The molecule has 0 aromatic heterocycles. The van der Waals surface area contributed by atoms with Gasteiger partial charge in [-0.25, -0.2) is 9.18 Å². The van der Waals surface area contributed by atoms with E-state index < -0.39 is 23.5 Å². The van der Waals surface area contributed by atoms with Crippen molar-refractivity contribution in [3.8, 4) is 11.8 Å². The molecule has 0 aliphatic heterocycles. The molecule has 0 saturated carbocycles. The van der Waals surface area contributed by atoms with Gasteiger partial charge >= 0.3 is 6.09 Å². The molecule has 0 spiro atoms. The Morgan fingerprint density at radius 2 is 1.89 bits per heavy atom. The number of carbonyl (C=O) groups excluding carboxylic acids is 1. The molecule has 0 fully saturated rings. The smallest absolute Gasteiger partial charge is 0.407 e. The standard InChI is InChI=1S/C23H34FNO3/c1-6-13-23(27,14-7-2)15-11-18-9-8-10-19(17-18)20(24)12-16-25-21(26)28-22(3,4)5/h8-10,17,20,27H,6-7,12-14,16H2,1-5H3,(H,25,26). The zero-order valence-electron chi connectivity index (χ0n) is 17.8. The van der Waals surface area contributed by atoms with Crippen LogP contribution in [0.3, 0.4) is 0 Å². The largest absolute Gasteiger partial charge is 0.444 e. The molecule has 0 heterocycles. The van der Waals surface area contributed by atoms with E-state index in [9.17, 15) is 14.3 Å². The van der Waals surface area contributed by atoms with Gasteiger partial charge in [0.25, 0.3) is 0 Å². The second-order valence-electron chi connectivity index (χ2n) is 8.09. The maximum Gasteiger partial charge on any atom is 0.407 e. The Kier molecular flexibility index (Phi) is 9.48. The molecule has 5 heteroatoms. The van der Waals surface area contributed by atoms with E-state index in [0.717, 1.165) is 12.8 Å². The first-order chi connectivity index (χ1) is 13.1. The van der Waals surface area contributed by atoms with Gasteiger partial charge in [0.1, 0.15) is 17.4 Å². The molecule has 1 rings (SSSR count). The minimum atomic E-state index is -1.22. The van der Waals surface area contributed by atoms with Gasteiger partial charge in [-0.2, -0.15) is 0 Å². The van der Waals surface area contributed by atoms with Crippen LogP contribution in [0.2, 0.25) is 0 Å². The van der Waals surface area contributed by atoms with E-state index in [1.807, 2.05) is 13.8 Å². The number of halogens is 1. The van der Waals surface area contributed by atoms with E-state index >= 15 is 0 Å². The fourth-order valence-corrected chi connectivity index (χ4v) is 2.86. The highest BCUT2D eigenvalue weighted by atomic mass is 19.1. The van der Waals surface area contributed by atoms with Gasteiger partial charge in [-0.15, -0.1) is 0 Å². The monoisotopic (exact) mass is 391 g/mol. The summed E-state index contributed by atoms with van der Waals surface area (Å²) in [6.07, 6.45) is 1.31. The SMILES string of the molecule is CCCC(O)(C#Cc1cccc(C(F)CCNC(=O)OC(C)(C)C)c1)CCC. The molecular weight excluding hydrogens is 357 g/mol. The highest BCUT2D eigenvalue weighted by molar-refractivity contribution is 5.67. The molecule has 1 aromatic carbocycles. The summed E-state index contributed by atoms with van der Waals surface area (Å²) in [5, 5.41) is 13.2. The summed E-state index contributed by atoms with van der Waals surface area (Å²) in [5.74, 6) is 5.96. The van der Waals surface area contributed by atoms with Gasteiger partial charge in [-0.3, -0.25) is 0 Å². The molecule has 0 bridgehead atoms. The minimum Gasteiger partial charge on any atom is -0.444 e. The van der Waals surface area contributed by atoms with Crippen molar-refractivity contribution in [2.45, 2.75) is 84.1 Å². The molecule has 1 unspecified atom stereocenters. The summed E-state index contributed by atoms with van der Waals surface area (Å²) in [5.41, 5.74) is -0.395. The average molecular weight is 392 g/mol. The molecule has 1 amide bonds. The molecule has 1 aromatic rings. The van der Waals surface area contributed by atoms with Crippen LogP contribution in [0.4, 0.5) is 9.18 Å². The fourth-order valence-electron chi connectivity index (χ4n) is 2.86. The van der Waals surface area contributed by atoms with Gasteiger partial charge in [0.2, 0.25) is 0 Å². The number of amides is 1. The molecule has 2 N–H and O–H groups in total. The zero-order valence-corrected chi connectivity index (χ0v) is 17.8. The maximum atomic E-state index is 14.5. The number of benzene rings is 1. The number of alkyl carbamates (subject to hydrolysis) is 1. The molecule has 0 aliphatic rings. The molecule has 1 atom stereocenters. The summed E-state index contributed by atoms with van der Waals surface area (Å²) in [4.78, 5) is 11.6. The molecule has 156 valence electrons. The summed E-state index contributed by atoms with van der Waals surface area (Å²) < 4.78 is 19.7. The molecule has 0 radical (unpaired) electrons. The summed E-state index contributed by atoms with van der Waals surface area (Å²) in [7, 11) is 0. The van der Waals surface area contributed by atoms with E-state index in [4.69, 9.17) is 4.74 Å². The van der Waals surface area contributed by atoms with Gasteiger partial charge in [0.05, 0.1) is 0 Å². The molecule has 0 aliphatic carbocycles. The lowest BCUT2D eigenvalue weighted by Gasteiger charge is -2.20. The van der Waals surface area contributed by atoms with Crippen molar-refractivity contribution in [1.82, 2.24) is 5.32 Å². The summed E-state index contributed by atoms with van der Waals surface area (Å²) in [6, 6.07) is 6.96. The summed E-state index contributed by atoms with van der Waals surface area (Å²) >= 11 is 0. The van der Waals surface area contributed by atoms with Crippen LogP contribution in [0, 0.1) is 11.8 Å². The van der Waals surface area contributed by atoms with Crippen LogP contribution in [0.25, 0.3) is 0 Å². The topological polar surface area (TPSA) is 58.6 Å². The van der Waals surface area contributed by atoms with Crippen molar-refractivity contribution >= 4 is 6.09 Å². The number of hydrogen-bond donors (Lipinski definition) is 2. The van der Waals surface area contributed by atoms with Crippen LogP contribution in [-0.2, 0) is 4.74 Å². The molecule has 4 nitrogen and oxygen atoms in total. The lowest BCUT2D eigenvalue weighted by atomic mass is 9.93. The Hall–Kier alpha value is -2.06. The van der Waals surface area contributed by atoms with Gasteiger partial charge in [-0.1, -0.05) is 50.7 Å². The number of hydrogen-bond acceptors (Lipinski definition) is 3. The van der Waals surface area contributed by atoms with Crippen LogP contribution in [0.1, 0.15) is 84.0 Å². The van der Waals surface area contributed by atoms with E-state index in [1.54, 1.807) is 45.0 Å². The lowest BCUT2D eigenvalue weighted by Crippen LogP contribution is -2.33. The van der Waals surface area contributed by atoms with Gasteiger partial charge in [0, 0.05) is 18.5 Å². The molecular formula is C23H34FNO3. The van der Waals surface area contributed by atoms with E-state index in [1.165, 1.54) is 0 Å². The number of aliphatic hydroxyl groups is 1. The minimum absolute atomic E-state index is 0.145. The van der Waals surface area contributed by atoms with Gasteiger partial charge < -0.3 is 15.2 Å². The predicted octanol–water partition coefficient (Wildman–Crippen LogP) is 5.29. The second kappa shape index (κ2) is 11.1. The second-order valence-corrected chi connectivity index (χ2v) is 8.09. The normalized spacial score (nSPS) is 12.7. The van der Waals surface area contributed by atoms with Crippen LogP contribution in [-0.4, -0.2) is 28.9 Å². The average Bonchev–Trinajstić information content (AvgIpc) is 2.59. The van der Waals surface area contributed by atoms with E-state index in [0.29, 0.717) is 24.0 Å². The lowest BCUT2D eigenvalue weighted by molar-refractivity contribution is 0.0523. The Bertz CT molecular complexity index is 679. The van der Waals surface area contributed by atoms with Crippen LogP contribution in [0.5, 0.6) is 0 Å². The highest BCUT2D eigenvalue weighted by Crippen LogP contribution is 2.22. The number of alkyl halides is 1.